The molecule has 10 nitrogen and oxygen atoms in total. The Kier molecular flexibility index (Phi) is 9.50. The van der Waals surface area contributed by atoms with Crippen LogP contribution in [0.15, 0.2) is 79.4 Å². The predicted molar refractivity (Wildman–Crippen MR) is 152 cm³/mol. The third kappa shape index (κ3) is 7.83. The number of alkyl carbamates (subject to hydrolysis) is 1. The molecule has 0 radical (unpaired) electrons. The van der Waals surface area contributed by atoms with E-state index < -0.39 is 47.9 Å². The SMILES string of the molecule is C=CCN(C(=O)C(CC(N)=O)NC(=O)OC(C)(C)C)C(C(=O)Nc1ccc2ccccc2c1)c1ccccc1O. The average Bonchev–Trinajstić information content (AvgIpc) is 2.87. The molecule has 210 valence electrons. The first-order chi connectivity index (χ1) is 18.9. The third-order valence-electron chi connectivity index (χ3n) is 5.81. The fourth-order valence-electron chi connectivity index (χ4n) is 4.16. The second-order valence-electron chi connectivity index (χ2n) is 10.2. The number of para-hydroxylation sites is 1. The van der Waals surface area contributed by atoms with Crippen LogP contribution in [0.2, 0.25) is 0 Å². The maximum Gasteiger partial charge on any atom is 0.408 e. The van der Waals surface area contributed by atoms with Gasteiger partial charge in [0.2, 0.25) is 11.8 Å². The molecule has 0 saturated heterocycles. The van der Waals surface area contributed by atoms with Crippen molar-refractivity contribution in [3.05, 3.63) is 84.9 Å². The van der Waals surface area contributed by atoms with E-state index in [2.05, 4.69) is 17.2 Å². The Morgan fingerprint density at radius 1 is 1.02 bits per heavy atom. The molecule has 3 aromatic carbocycles. The van der Waals surface area contributed by atoms with Crippen molar-refractivity contribution in [3.63, 3.8) is 0 Å². The van der Waals surface area contributed by atoms with Crippen LogP contribution in [0.1, 0.15) is 38.8 Å². The van der Waals surface area contributed by atoms with Crippen LogP contribution >= 0.6 is 0 Å². The van der Waals surface area contributed by atoms with Gasteiger partial charge >= 0.3 is 6.09 Å². The Hall–Kier alpha value is -4.86. The average molecular weight is 547 g/mol. The molecule has 3 aromatic rings. The molecule has 0 heterocycles. The number of nitrogens with two attached hydrogens (primary N) is 1. The summed E-state index contributed by atoms with van der Waals surface area (Å²) in [5, 5.41) is 17.8. The van der Waals surface area contributed by atoms with Gasteiger partial charge in [0, 0.05) is 17.8 Å². The molecule has 3 rings (SSSR count). The molecule has 5 N–H and O–H groups in total. The van der Waals surface area contributed by atoms with Gasteiger partial charge in [0.15, 0.2) is 0 Å². The first kappa shape index (κ1) is 29.7. The fourth-order valence-corrected chi connectivity index (χ4v) is 4.16. The van der Waals surface area contributed by atoms with Gasteiger partial charge in [0.05, 0.1) is 6.42 Å². The van der Waals surface area contributed by atoms with E-state index in [0.29, 0.717) is 5.69 Å². The summed E-state index contributed by atoms with van der Waals surface area (Å²) in [5.41, 5.74) is 5.11. The maximum atomic E-state index is 13.9. The molecular formula is C30H34N4O6. The summed E-state index contributed by atoms with van der Waals surface area (Å²) in [6, 6.07) is 16.2. The number of fused-ring (bicyclic) bond motifs is 1. The number of amides is 4. The maximum absolute atomic E-state index is 13.9. The number of aromatic hydroxyl groups is 1. The van der Waals surface area contributed by atoms with Crippen molar-refractivity contribution in [3.8, 4) is 5.75 Å². The molecule has 0 aliphatic rings. The molecule has 0 spiro atoms. The van der Waals surface area contributed by atoms with Crippen LogP contribution in [0.25, 0.3) is 10.8 Å². The summed E-state index contributed by atoms with van der Waals surface area (Å²) in [7, 11) is 0. The quantitative estimate of drug-likeness (QED) is 0.282. The number of nitrogens with zero attached hydrogens (tertiary/aromatic N) is 1. The first-order valence-corrected chi connectivity index (χ1v) is 12.7. The molecule has 4 amide bonds. The predicted octanol–water partition coefficient (Wildman–Crippen LogP) is 4.01. The number of phenolic OH excluding ortho intramolecular Hbond substituents is 1. The van der Waals surface area contributed by atoms with Gasteiger partial charge in [-0.2, -0.15) is 0 Å². The summed E-state index contributed by atoms with van der Waals surface area (Å²) >= 11 is 0. The molecule has 0 saturated carbocycles. The van der Waals surface area contributed by atoms with Crippen molar-refractivity contribution in [2.24, 2.45) is 5.73 Å². The zero-order valence-electron chi connectivity index (χ0n) is 22.7. The van der Waals surface area contributed by atoms with Gasteiger partial charge in [0.25, 0.3) is 5.91 Å². The molecule has 0 bridgehead atoms. The molecule has 10 heteroatoms. The monoisotopic (exact) mass is 546 g/mol. The lowest BCUT2D eigenvalue weighted by Crippen LogP contribution is -2.53. The van der Waals surface area contributed by atoms with Crippen molar-refractivity contribution in [2.75, 3.05) is 11.9 Å². The largest absolute Gasteiger partial charge is 0.508 e. The van der Waals surface area contributed by atoms with Crippen LogP contribution in [0.3, 0.4) is 0 Å². The van der Waals surface area contributed by atoms with E-state index >= 15 is 0 Å². The molecule has 2 atom stereocenters. The molecule has 0 aliphatic heterocycles. The van der Waals surface area contributed by atoms with E-state index in [-0.39, 0.29) is 17.9 Å². The summed E-state index contributed by atoms with van der Waals surface area (Å²) in [4.78, 5) is 53.2. The van der Waals surface area contributed by atoms with Gasteiger partial charge in [-0.1, -0.05) is 54.6 Å². The third-order valence-corrected chi connectivity index (χ3v) is 5.81. The Balaban J connectivity index is 2.02. The van der Waals surface area contributed by atoms with E-state index in [1.54, 1.807) is 45.0 Å². The lowest BCUT2D eigenvalue weighted by atomic mass is 10.0. The fraction of sp³-hybridized carbons (Fsp3) is 0.267. The Morgan fingerprint density at radius 3 is 2.30 bits per heavy atom. The number of carbonyl (C=O) groups is 4. The number of rotatable bonds is 10. The molecule has 40 heavy (non-hydrogen) atoms. The van der Waals surface area contributed by atoms with Crippen molar-refractivity contribution in [2.45, 2.75) is 44.9 Å². The van der Waals surface area contributed by atoms with Crippen LogP contribution in [0.5, 0.6) is 5.75 Å². The highest BCUT2D eigenvalue weighted by molar-refractivity contribution is 6.01. The highest BCUT2D eigenvalue weighted by Crippen LogP contribution is 2.31. The summed E-state index contributed by atoms with van der Waals surface area (Å²) in [5.74, 6) is -2.52. The van der Waals surface area contributed by atoms with Crippen molar-refractivity contribution in [1.82, 2.24) is 10.2 Å². The number of hydrogen-bond donors (Lipinski definition) is 4. The minimum Gasteiger partial charge on any atom is -0.508 e. The van der Waals surface area contributed by atoms with Crippen molar-refractivity contribution < 1.29 is 29.0 Å². The van der Waals surface area contributed by atoms with Gasteiger partial charge in [-0.25, -0.2) is 4.79 Å². The normalized spacial score (nSPS) is 12.6. The molecule has 0 aromatic heterocycles. The second-order valence-corrected chi connectivity index (χ2v) is 10.2. The number of ether oxygens (including phenoxy) is 1. The van der Waals surface area contributed by atoms with Gasteiger partial charge in [-0.05, 0) is 49.7 Å². The minimum atomic E-state index is -1.45. The van der Waals surface area contributed by atoms with Gasteiger partial charge in [0.1, 0.15) is 23.4 Å². The topological polar surface area (TPSA) is 151 Å². The van der Waals surface area contributed by atoms with E-state index in [1.165, 1.54) is 18.2 Å². The molecule has 0 fully saturated rings. The number of primary amides is 1. The molecule has 0 aliphatic carbocycles. The number of benzene rings is 3. The van der Waals surface area contributed by atoms with E-state index in [4.69, 9.17) is 10.5 Å². The van der Waals surface area contributed by atoms with Gasteiger partial charge in [-0.15, -0.1) is 6.58 Å². The number of carbonyl (C=O) groups excluding carboxylic acids is 4. The van der Waals surface area contributed by atoms with Gasteiger partial charge < -0.3 is 31.1 Å². The van der Waals surface area contributed by atoms with Crippen LogP contribution in [-0.2, 0) is 19.1 Å². The molecule has 2 unspecified atom stereocenters. The van der Waals surface area contributed by atoms with Crippen molar-refractivity contribution in [1.29, 1.82) is 0 Å². The van der Waals surface area contributed by atoms with Crippen LogP contribution < -0.4 is 16.4 Å². The summed E-state index contributed by atoms with van der Waals surface area (Å²) in [6.45, 7) is 8.48. The number of nitrogens with one attached hydrogen (secondary N) is 2. The number of phenols is 1. The van der Waals surface area contributed by atoms with Gasteiger partial charge in [-0.3, -0.25) is 14.4 Å². The highest BCUT2D eigenvalue weighted by atomic mass is 16.6. The van der Waals surface area contributed by atoms with E-state index in [9.17, 15) is 24.3 Å². The lowest BCUT2D eigenvalue weighted by Gasteiger charge is -2.33. The second kappa shape index (κ2) is 12.8. The zero-order chi connectivity index (χ0) is 29.4. The lowest BCUT2D eigenvalue weighted by molar-refractivity contribution is -0.141. The number of anilines is 1. The zero-order valence-corrected chi connectivity index (χ0v) is 22.7. The Morgan fingerprint density at radius 2 is 1.68 bits per heavy atom. The van der Waals surface area contributed by atoms with Crippen LogP contribution in [0.4, 0.5) is 10.5 Å². The summed E-state index contributed by atoms with van der Waals surface area (Å²) < 4.78 is 5.25. The van der Waals surface area contributed by atoms with Crippen LogP contribution in [-0.4, -0.2) is 52.0 Å². The van der Waals surface area contributed by atoms with Crippen molar-refractivity contribution >= 4 is 40.3 Å². The molecular weight excluding hydrogens is 512 g/mol. The summed E-state index contributed by atoms with van der Waals surface area (Å²) in [6.07, 6.45) is -0.0977. The Bertz CT molecular complexity index is 1410. The van der Waals surface area contributed by atoms with E-state index in [1.807, 2.05) is 30.3 Å². The first-order valence-electron chi connectivity index (χ1n) is 12.7. The highest BCUT2D eigenvalue weighted by Gasteiger charge is 2.37. The standard InChI is InChI=1S/C30H34N4O6/c1-5-16-34(28(38)23(18-25(31)36)33-29(39)40-30(2,3)4)26(22-12-8-9-13-24(22)35)27(37)32-21-15-14-19-10-6-7-11-20(19)17-21/h5-15,17,23,26,35H,1,16,18H2,2-4H3,(H2,31,36)(H,32,37)(H,33,39). The minimum absolute atomic E-state index is 0.131. The number of hydrogen-bond acceptors (Lipinski definition) is 6. The Labute approximate surface area is 232 Å². The van der Waals surface area contributed by atoms with Crippen LogP contribution in [0, 0.1) is 0 Å². The smallest absolute Gasteiger partial charge is 0.408 e. The van der Waals surface area contributed by atoms with E-state index in [0.717, 1.165) is 15.7 Å².